The van der Waals surface area contributed by atoms with Crippen LogP contribution in [0.2, 0.25) is 0 Å². The molecule has 19 heavy (non-hydrogen) atoms. The molecule has 0 fully saturated rings. The van der Waals surface area contributed by atoms with Gasteiger partial charge in [-0.2, -0.15) is 0 Å². The van der Waals surface area contributed by atoms with E-state index in [1.54, 1.807) is 0 Å². The SMILES string of the molecule is ClCCN(CCCl)c1ccc(CNCCCBr)cc1. The first-order valence-corrected chi connectivity index (χ1v) is 8.73. The zero-order valence-corrected chi connectivity index (χ0v) is 14.1. The van der Waals surface area contributed by atoms with E-state index >= 15 is 0 Å². The molecular weight excluding hydrogens is 347 g/mol. The molecule has 0 aromatic heterocycles. The van der Waals surface area contributed by atoms with E-state index in [-0.39, 0.29) is 0 Å². The fraction of sp³-hybridized carbons (Fsp3) is 0.571. The van der Waals surface area contributed by atoms with Crippen LogP contribution in [0, 0.1) is 0 Å². The Kier molecular flexibility index (Phi) is 9.70. The second-order valence-corrected chi connectivity index (χ2v) is 5.80. The summed E-state index contributed by atoms with van der Waals surface area (Å²) < 4.78 is 0. The van der Waals surface area contributed by atoms with E-state index in [0.717, 1.165) is 37.9 Å². The molecule has 5 heteroatoms. The van der Waals surface area contributed by atoms with Crippen molar-refractivity contribution in [1.82, 2.24) is 5.32 Å². The van der Waals surface area contributed by atoms with Crippen molar-refractivity contribution in [2.24, 2.45) is 0 Å². The molecular formula is C14H21BrCl2N2. The highest BCUT2D eigenvalue weighted by atomic mass is 79.9. The molecule has 1 aromatic carbocycles. The average Bonchev–Trinajstić information content (AvgIpc) is 2.44. The third-order valence-corrected chi connectivity index (χ3v) is 3.73. The lowest BCUT2D eigenvalue weighted by Gasteiger charge is -2.23. The van der Waals surface area contributed by atoms with Crippen LogP contribution in [-0.4, -0.2) is 36.7 Å². The maximum absolute atomic E-state index is 5.81. The summed E-state index contributed by atoms with van der Waals surface area (Å²) in [5.74, 6) is 1.24. The Morgan fingerprint density at radius 1 is 1.05 bits per heavy atom. The number of nitrogens with zero attached hydrogens (tertiary/aromatic N) is 1. The van der Waals surface area contributed by atoms with Crippen molar-refractivity contribution in [2.45, 2.75) is 13.0 Å². The summed E-state index contributed by atoms with van der Waals surface area (Å²) in [7, 11) is 0. The van der Waals surface area contributed by atoms with Crippen LogP contribution in [0.3, 0.4) is 0 Å². The van der Waals surface area contributed by atoms with E-state index in [1.807, 2.05) is 0 Å². The fourth-order valence-corrected chi connectivity index (χ4v) is 2.51. The van der Waals surface area contributed by atoms with Crippen LogP contribution < -0.4 is 10.2 Å². The minimum Gasteiger partial charge on any atom is -0.369 e. The molecule has 0 bridgehead atoms. The first kappa shape index (κ1) is 17.1. The van der Waals surface area contributed by atoms with Crippen molar-refractivity contribution in [2.75, 3.05) is 41.6 Å². The standard InChI is InChI=1S/C14H21BrCl2N2/c15-6-1-9-18-12-13-2-4-14(5-3-13)19(10-7-16)11-8-17/h2-5,18H,1,6-12H2. The van der Waals surface area contributed by atoms with E-state index < -0.39 is 0 Å². The van der Waals surface area contributed by atoms with Crippen molar-refractivity contribution in [1.29, 1.82) is 0 Å². The molecule has 0 saturated carbocycles. The van der Waals surface area contributed by atoms with Gasteiger partial charge in [-0.15, -0.1) is 23.2 Å². The van der Waals surface area contributed by atoms with Gasteiger partial charge >= 0.3 is 0 Å². The number of anilines is 1. The highest BCUT2D eigenvalue weighted by molar-refractivity contribution is 9.09. The molecule has 0 saturated heterocycles. The van der Waals surface area contributed by atoms with Crippen molar-refractivity contribution in [3.63, 3.8) is 0 Å². The molecule has 0 spiro atoms. The Morgan fingerprint density at radius 2 is 1.68 bits per heavy atom. The second kappa shape index (κ2) is 10.8. The number of alkyl halides is 3. The average molecular weight is 368 g/mol. The molecule has 0 amide bonds. The molecule has 1 N–H and O–H groups in total. The topological polar surface area (TPSA) is 15.3 Å². The van der Waals surface area contributed by atoms with E-state index in [9.17, 15) is 0 Å². The van der Waals surface area contributed by atoms with E-state index in [0.29, 0.717) is 11.8 Å². The Balaban J connectivity index is 2.49. The molecule has 1 aromatic rings. The summed E-state index contributed by atoms with van der Waals surface area (Å²) >= 11 is 15.0. The molecule has 0 unspecified atom stereocenters. The number of nitrogens with one attached hydrogen (secondary N) is 1. The van der Waals surface area contributed by atoms with Gasteiger partial charge in [-0.3, -0.25) is 0 Å². The van der Waals surface area contributed by atoms with Gasteiger partial charge in [0.1, 0.15) is 0 Å². The van der Waals surface area contributed by atoms with Crippen molar-refractivity contribution >= 4 is 44.8 Å². The minimum atomic E-state index is 0.618. The summed E-state index contributed by atoms with van der Waals surface area (Å²) in [5.41, 5.74) is 2.49. The first-order chi connectivity index (χ1) is 9.31. The number of rotatable bonds is 10. The largest absolute Gasteiger partial charge is 0.369 e. The summed E-state index contributed by atoms with van der Waals surface area (Å²) in [6, 6.07) is 8.60. The lowest BCUT2D eigenvalue weighted by Crippen LogP contribution is -2.27. The van der Waals surface area contributed by atoms with Crippen LogP contribution in [0.5, 0.6) is 0 Å². The van der Waals surface area contributed by atoms with Crippen LogP contribution in [-0.2, 0) is 6.54 Å². The van der Waals surface area contributed by atoms with Crippen LogP contribution in [0.25, 0.3) is 0 Å². The Hall–Kier alpha value is 0.0400. The van der Waals surface area contributed by atoms with Gasteiger partial charge in [0.25, 0.3) is 0 Å². The zero-order chi connectivity index (χ0) is 13.9. The highest BCUT2D eigenvalue weighted by Crippen LogP contribution is 2.15. The molecule has 0 atom stereocenters. The number of hydrogen-bond donors (Lipinski definition) is 1. The van der Waals surface area contributed by atoms with Crippen molar-refractivity contribution < 1.29 is 0 Å². The maximum Gasteiger partial charge on any atom is 0.0399 e. The van der Waals surface area contributed by atoms with Gasteiger partial charge in [0.05, 0.1) is 0 Å². The quantitative estimate of drug-likeness (QED) is 0.499. The molecule has 0 aliphatic carbocycles. The lowest BCUT2D eigenvalue weighted by atomic mass is 10.2. The minimum absolute atomic E-state index is 0.618. The number of halogens is 3. The predicted octanol–water partition coefficient (Wildman–Crippen LogP) is 3.85. The highest BCUT2D eigenvalue weighted by Gasteiger charge is 2.04. The molecule has 108 valence electrons. The van der Waals surface area contributed by atoms with E-state index in [4.69, 9.17) is 23.2 Å². The fourth-order valence-electron chi connectivity index (χ4n) is 1.82. The van der Waals surface area contributed by atoms with Crippen molar-refractivity contribution in [3.05, 3.63) is 29.8 Å². The smallest absolute Gasteiger partial charge is 0.0399 e. The first-order valence-electron chi connectivity index (χ1n) is 6.54. The van der Waals surface area contributed by atoms with Gasteiger partial charge in [-0.05, 0) is 30.7 Å². The van der Waals surface area contributed by atoms with Gasteiger partial charge < -0.3 is 10.2 Å². The van der Waals surface area contributed by atoms with Crippen LogP contribution in [0.1, 0.15) is 12.0 Å². The number of hydrogen-bond acceptors (Lipinski definition) is 2. The van der Waals surface area contributed by atoms with Gasteiger partial charge in [0, 0.05) is 42.4 Å². The van der Waals surface area contributed by atoms with Crippen LogP contribution >= 0.6 is 39.1 Å². The van der Waals surface area contributed by atoms with E-state index in [2.05, 4.69) is 50.4 Å². The maximum atomic E-state index is 5.81. The third-order valence-electron chi connectivity index (χ3n) is 2.83. The molecule has 0 heterocycles. The Bertz CT molecular complexity index is 327. The zero-order valence-electron chi connectivity index (χ0n) is 11.0. The van der Waals surface area contributed by atoms with Crippen molar-refractivity contribution in [3.8, 4) is 0 Å². The van der Waals surface area contributed by atoms with Crippen LogP contribution in [0.4, 0.5) is 5.69 Å². The molecule has 2 nitrogen and oxygen atoms in total. The summed E-state index contributed by atoms with van der Waals surface area (Å²) in [4.78, 5) is 2.21. The van der Waals surface area contributed by atoms with Gasteiger partial charge in [0.15, 0.2) is 0 Å². The van der Waals surface area contributed by atoms with E-state index in [1.165, 1.54) is 11.3 Å². The van der Waals surface area contributed by atoms with Gasteiger partial charge in [0.2, 0.25) is 0 Å². The molecule has 0 radical (unpaired) electrons. The van der Waals surface area contributed by atoms with Crippen LogP contribution in [0.15, 0.2) is 24.3 Å². The lowest BCUT2D eigenvalue weighted by molar-refractivity contribution is 0.680. The number of benzene rings is 1. The molecule has 1 rings (SSSR count). The molecule has 0 aliphatic heterocycles. The Morgan fingerprint density at radius 3 is 2.21 bits per heavy atom. The second-order valence-electron chi connectivity index (χ2n) is 4.25. The normalized spacial score (nSPS) is 10.7. The third kappa shape index (κ3) is 6.84. The predicted molar refractivity (Wildman–Crippen MR) is 90.2 cm³/mol. The summed E-state index contributed by atoms with van der Waals surface area (Å²) in [6.45, 7) is 3.62. The molecule has 0 aliphatic rings. The monoisotopic (exact) mass is 366 g/mol. The van der Waals surface area contributed by atoms with Gasteiger partial charge in [-0.1, -0.05) is 28.1 Å². The van der Waals surface area contributed by atoms with Gasteiger partial charge in [-0.25, -0.2) is 0 Å². The summed E-state index contributed by atoms with van der Waals surface area (Å²) in [5, 5.41) is 4.46. The summed E-state index contributed by atoms with van der Waals surface area (Å²) in [6.07, 6.45) is 1.15. The Labute approximate surface area is 134 Å².